The SMILES string of the molecule is CCCCc1nc2c(N)nc3ccccc3c2n1CCC=CNOC. The number of aryl methyl sites for hydroxylation is 2. The number of pyridine rings is 1. The third-order valence-electron chi connectivity index (χ3n) is 4.27. The molecule has 0 aliphatic carbocycles. The van der Waals surface area contributed by atoms with Gasteiger partial charge in [0.05, 0.1) is 18.1 Å². The highest BCUT2D eigenvalue weighted by Gasteiger charge is 2.16. The van der Waals surface area contributed by atoms with Gasteiger partial charge in [-0.05, 0) is 18.9 Å². The predicted octanol–water partition coefficient (Wildman–Crippen LogP) is 3.56. The average molecular weight is 339 g/mol. The minimum Gasteiger partial charge on any atom is -0.382 e. The normalized spacial score (nSPS) is 11.8. The molecule has 3 rings (SSSR count). The van der Waals surface area contributed by atoms with Gasteiger partial charge in [0, 0.05) is 24.6 Å². The lowest BCUT2D eigenvalue weighted by atomic mass is 10.2. The second-order valence-corrected chi connectivity index (χ2v) is 6.01. The molecule has 2 heterocycles. The number of para-hydroxylation sites is 1. The van der Waals surface area contributed by atoms with E-state index in [0.29, 0.717) is 5.82 Å². The summed E-state index contributed by atoms with van der Waals surface area (Å²) >= 11 is 0. The minimum atomic E-state index is 0.502. The Morgan fingerprint density at radius 1 is 1.28 bits per heavy atom. The Kier molecular flexibility index (Phi) is 5.50. The molecule has 0 saturated carbocycles. The summed E-state index contributed by atoms with van der Waals surface area (Å²) in [4.78, 5) is 14.2. The van der Waals surface area contributed by atoms with Gasteiger partial charge in [-0.25, -0.2) is 9.97 Å². The van der Waals surface area contributed by atoms with Gasteiger partial charge in [-0.15, -0.1) is 0 Å². The summed E-state index contributed by atoms with van der Waals surface area (Å²) in [5.74, 6) is 1.58. The number of fused-ring (bicyclic) bond motifs is 3. The van der Waals surface area contributed by atoms with E-state index in [0.717, 1.165) is 60.0 Å². The Morgan fingerprint density at radius 2 is 2.12 bits per heavy atom. The number of benzene rings is 1. The van der Waals surface area contributed by atoms with Gasteiger partial charge in [0.1, 0.15) is 11.3 Å². The number of nitrogens with two attached hydrogens (primary N) is 1. The Balaban J connectivity index is 2.08. The van der Waals surface area contributed by atoms with Gasteiger partial charge in [0.2, 0.25) is 0 Å². The van der Waals surface area contributed by atoms with Crippen LogP contribution in [-0.4, -0.2) is 21.6 Å². The number of hydrogen-bond acceptors (Lipinski definition) is 5. The summed E-state index contributed by atoms with van der Waals surface area (Å²) in [5.41, 5.74) is 11.7. The van der Waals surface area contributed by atoms with Gasteiger partial charge in [0.15, 0.2) is 5.82 Å². The van der Waals surface area contributed by atoms with Crippen molar-refractivity contribution in [2.24, 2.45) is 0 Å². The van der Waals surface area contributed by atoms with Crippen molar-refractivity contribution in [3.63, 3.8) is 0 Å². The van der Waals surface area contributed by atoms with E-state index in [2.05, 4.69) is 28.0 Å². The molecule has 0 amide bonds. The highest BCUT2D eigenvalue weighted by Crippen LogP contribution is 2.29. The summed E-state index contributed by atoms with van der Waals surface area (Å²) < 4.78 is 2.29. The van der Waals surface area contributed by atoms with Gasteiger partial charge in [0.25, 0.3) is 0 Å². The zero-order valence-electron chi connectivity index (χ0n) is 14.8. The molecule has 0 aliphatic heterocycles. The first-order valence-electron chi connectivity index (χ1n) is 8.73. The fraction of sp³-hybridized carbons (Fsp3) is 0.368. The van der Waals surface area contributed by atoms with E-state index in [4.69, 9.17) is 15.6 Å². The lowest BCUT2D eigenvalue weighted by Gasteiger charge is -2.09. The van der Waals surface area contributed by atoms with Crippen molar-refractivity contribution >= 4 is 27.8 Å². The van der Waals surface area contributed by atoms with Crippen molar-refractivity contribution in [1.29, 1.82) is 0 Å². The monoisotopic (exact) mass is 339 g/mol. The van der Waals surface area contributed by atoms with E-state index >= 15 is 0 Å². The lowest BCUT2D eigenvalue weighted by Crippen LogP contribution is -2.05. The maximum Gasteiger partial charge on any atom is 0.152 e. The molecule has 25 heavy (non-hydrogen) atoms. The van der Waals surface area contributed by atoms with E-state index in [1.54, 1.807) is 13.3 Å². The smallest absolute Gasteiger partial charge is 0.152 e. The molecular formula is C19H25N5O. The van der Waals surface area contributed by atoms with Crippen LogP contribution in [-0.2, 0) is 17.8 Å². The minimum absolute atomic E-state index is 0.502. The molecule has 3 N–H and O–H groups in total. The van der Waals surface area contributed by atoms with E-state index in [1.807, 2.05) is 24.3 Å². The van der Waals surface area contributed by atoms with Gasteiger partial charge >= 0.3 is 0 Å². The van der Waals surface area contributed by atoms with Crippen molar-refractivity contribution in [1.82, 2.24) is 20.0 Å². The molecular weight excluding hydrogens is 314 g/mol. The maximum atomic E-state index is 6.20. The van der Waals surface area contributed by atoms with Crippen molar-refractivity contribution < 1.29 is 4.84 Å². The molecule has 0 radical (unpaired) electrons. The third kappa shape index (κ3) is 3.58. The first kappa shape index (κ1) is 17.2. The van der Waals surface area contributed by atoms with Crippen LogP contribution in [0.15, 0.2) is 36.5 Å². The fourth-order valence-corrected chi connectivity index (χ4v) is 3.07. The first-order valence-corrected chi connectivity index (χ1v) is 8.73. The maximum absolute atomic E-state index is 6.20. The van der Waals surface area contributed by atoms with Crippen LogP contribution in [0.2, 0.25) is 0 Å². The van der Waals surface area contributed by atoms with Crippen LogP contribution >= 0.6 is 0 Å². The largest absolute Gasteiger partial charge is 0.382 e. The number of anilines is 1. The summed E-state index contributed by atoms with van der Waals surface area (Å²) in [6.07, 6.45) is 7.91. The third-order valence-corrected chi connectivity index (χ3v) is 4.27. The Morgan fingerprint density at radius 3 is 2.92 bits per heavy atom. The van der Waals surface area contributed by atoms with E-state index in [-0.39, 0.29) is 0 Å². The summed E-state index contributed by atoms with van der Waals surface area (Å²) in [6.45, 7) is 3.03. The quantitative estimate of drug-likeness (QED) is 0.614. The summed E-state index contributed by atoms with van der Waals surface area (Å²) in [5, 5.41) is 1.10. The first-order chi connectivity index (χ1) is 12.3. The molecule has 0 bridgehead atoms. The molecule has 0 spiro atoms. The van der Waals surface area contributed by atoms with Crippen LogP contribution in [0.25, 0.3) is 21.9 Å². The number of nitrogens with one attached hydrogen (secondary N) is 1. The fourth-order valence-electron chi connectivity index (χ4n) is 3.07. The average Bonchev–Trinajstić information content (AvgIpc) is 2.99. The number of aromatic nitrogens is 3. The van der Waals surface area contributed by atoms with Gasteiger partial charge < -0.3 is 10.3 Å². The van der Waals surface area contributed by atoms with Gasteiger partial charge in [-0.1, -0.05) is 37.6 Å². The van der Waals surface area contributed by atoms with Crippen molar-refractivity contribution in [3.05, 3.63) is 42.4 Å². The Bertz CT molecular complexity index is 884. The number of imidazole rings is 1. The molecule has 132 valence electrons. The van der Waals surface area contributed by atoms with E-state index in [1.165, 1.54) is 0 Å². The molecule has 0 atom stereocenters. The lowest BCUT2D eigenvalue weighted by molar-refractivity contribution is 0.128. The van der Waals surface area contributed by atoms with Gasteiger partial charge in [-0.3, -0.25) is 10.3 Å². The van der Waals surface area contributed by atoms with Crippen LogP contribution in [0.3, 0.4) is 0 Å². The number of nitrogens with zero attached hydrogens (tertiary/aromatic N) is 3. The van der Waals surface area contributed by atoms with Crippen LogP contribution in [0, 0.1) is 0 Å². The molecule has 2 aromatic heterocycles. The van der Waals surface area contributed by atoms with Crippen LogP contribution in [0.5, 0.6) is 0 Å². The number of allylic oxidation sites excluding steroid dienone is 1. The number of hydroxylamine groups is 1. The topological polar surface area (TPSA) is 78.0 Å². The number of unbranched alkanes of at least 4 members (excludes halogenated alkanes) is 1. The highest BCUT2D eigenvalue weighted by atomic mass is 16.6. The van der Waals surface area contributed by atoms with Crippen molar-refractivity contribution in [3.8, 4) is 0 Å². The molecule has 0 fully saturated rings. The predicted molar refractivity (Wildman–Crippen MR) is 102 cm³/mol. The van der Waals surface area contributed by atoms with Crippen molar-refractivity contribution in [2.75, 3.05) is 12.8 Å². The molecule has 0 saturated heterocycles. The van der Waals surface area contributed by atoms with Crippen LogP contribution in [0.1, 0.15) is 32.0 Å². The second kappa shape index (κ2) is 7.98. The molecule has 6 heteroatoms. The van der Waals surface area contributed by atoms with Crippen LogP contribution in [0.4, 0.5) is 5.82 Å². The molecule has 1 aromatic carbocycles. The molecule has 6 nitrogen and oxygen atoms in total. The highest BCUT2D eigenvalue weighted by molar-refractivity contribution is 6.06. The molecule has 0 unspecified atom stereocenters. The summed E-state index contributed by atoms with van der Waals surface area (Å²) in [6, 6.07) is 8.11. The zero-order chi connectivity index (χ0) is 17.6. The van der Waals surface area contributed by atoms with E-state index in [9.17, 15) is 0 Å². The van der Waals surface area contributed by atoms with Crippen LogP contribution < -0.4 is 11.2 Å². The standard InChI is InChI=1S/C19H25N5O/c1-3-4-11-16-23-17-18(24(16)13-8-7-12-21-25-2)14-9-5-6-10-15(14)22-19(17)20/h5-7,9-10,12,21H,3-4,8,11,13H2,1-2H3,(H2,20,22). The number of hydrogen-bond donors (Lipinski definition) is 2. The Labute approximate surface area is 147 Å². The van der Waals surface area contributed by atoms with Gasteiger partial charge in [-0.2, -0.15) is 0 Å². The second-order valence-electron chi connectivity index (χ2n) is 6.01. The molecule has 3 aromatic rings. The molecule has 0 aliphatic rings. The number of rotatable bonds is 8. The number of nitrogen functional groups attached to an aromatic ring is 1. The Hall–Kier alpha value is -2.60. The zero-order valence-corrected chi connectivity index (χ0v) is 14.8. The van der Waals surface area contributed by atoms with Crippen molar-refractivity contribution in [2.45, 2.75) is 39.2 Å². The van der Waals surface area contributed by atoms with E-state index < -0.39 is 0 Å². The summed E-state index contributed by atoms with van der Waals surface area (Å²) in [7, 11) is 1.60.